The second-order valence-corrected chi connectivity index (χ2v) is 11.3. The average Bonchev–Trinajstić information content (AvgIpc) is 3.64. The largest absolute Gasteiger partial charge is 0.299 e. The minimum absolute atomic E-state index is 0.272. The molecule has 0 radical (unpaired) electrons. The molecule has 5 heterocycles. The second-order valence-electron chi connectivity index (χ2n) is 10.9. The molecule has 0 bridgehead atoms. The van der Waals surface area contributed by atoms with E-state index in [1.165, 1.54) is 17.7 Å². The van der Waals surface area contributed by atoms with E-state index in [2.05, 4.69) is 37.3 Å². The van der Waals surface area contributed by atoms with Gasteiger partial charge in [-0.1, -0.05) is 35.9 Å². The zero-order valence-electron chi connectivity index (χ0n) is 23.3. The van der Waals surface area contributed by atoms with Crippen LogP contribution in [-0.2, 0) is 6.54 Å². The van der Waals surface area contributed by atoms with Crippen molar-refractivity contribution in [3.63, 3.8) is 0 Å². The predicted molar refractivity (Wildman–Crippen MR) is 160 cm³/mol. The summed E-state index contributed by atoms with van der Waals surface area (Å²) in [5.74, 6) is 0.474. The molecule has 1 aliphatic rings. The van der Waals surface area contributed by atoms with Crippen LogP contribution in [0.1, 0.15) is 35.8 Å². The van der Waals surface area contributed by atoms with Gasteiger partial charge in [0.1, 0.15) is 23.2 Å². The fourth-order valence-corrected chi connectivity index (χ4v) is 5.81. The predicted octanol–water partition coefficient (Wildman–Crippen LogP) is 6.86. The molecule has 0 saturated carbocycles. The highest BCUT2D eigenvalue weighted by atomic mass is 35.5. The number of hydrogen-bond acceptors (Lipinski definition) is 6. The molecule has 0 aliphatic carbocycles. The first-order valence-electron chi connectivity index (χ1n) is 14.1. The number of benzene rings is 2. The topological polar surface area (TPSA) is 87.9 Å². The van der Waals surface area contributed by atoms with E-state index in [0.29, 0.717) is 39.4 Å². The lowest BCUT2D eigenvalue weighted by molar-refractivity contribution is 0.202. The summed E-state index contributed by atoms with van der Waals surface area (Å²) >= 11 is 6.09. The van der Waals surface area contributed by atoms with Crippen LogP contribution in [0, 0.1) is 18.6 Å². The number of fused-ring (bicyclic) bond motifs is 1. The van der Waals surface area contributed by atoms with Crippen LogP contribution in [0.15, 0.2) is 73.1 Å². The van der Waals surface area contributed by atoms with Crippen LogP contribution in [-0.4, -0.2) is 52.8 Å². The van der Waals surface area contributed by atoms with Gasteiger partial charge in [-0.3, -0.25) is 15.0 Å². The highest BCUT2D eigenvalue weighted by Gasteiger charge is 2.24. The van der Waals surface area contributed by atoms with Crippen molar-refractivity contribution >= 4 is 17.2 Å². The number of piperidine rings is 1. The van der Waals surface area contributed by atoms with Crippen LogP contribution in [0.25, 0.3) is 39.5 Å². The van der Waals surface area contributed by atoms with Gasteiger partial charge in [-0.05, 0) is 62.7 Å². The Morgan fingerprint density at radius 1 is 0.953 bits per heavy atom. The zero-order valence-corrected chi connectivity index (χ0v) is 24.1. The molecule has 1 aliphatic heterocycles. The van der Waals surface area contributed by atoms with Crippen LogP contribution >= 0.6 is 11.6 Å². The number of rotatable bonds is 6. The first-order chi connectivity index (χ1) is 20.9. The van der Waals surface area contributed by atoms with E-state index in [-0.39, 0.29) is 5.56 Å². The van der Waals surface area contributed by atoms with Crippen molar-refractivity contribution in [2.24, 2.45) is 0 Å². The van der Waals surface area contributed by atoms with Crippen molar-refractivity contribution in [2.75, 3.05) is 13.1 Å². The van der Waals surface area contributed by atoms with Crippen LogP contribution in [0.3, 0.4) is 0 Å². The molecule has 11 heteroatoms. The third-order valence-corrected chi connectivity index (χ3v) is 8.09. The molecular formula is C32H27ClF2N8. The van der Waals surface area contributed by atoms with Crippen molar-refractivity contribution in [1.82, 2.24) is 39.7 Å². The molecule has 6 aromatic rings. The fraction of sp³-hybridized carbons (Fsp3) is 0.219. The Kier molecular flexibility index (Phi) is 7.16. The lowest BCUT2D eigenvalue weighted by Crippen LogP contribution is -2.32. The number of H-pyrrole nitrogens is 1. The van der Waals surface area contributed by atoms with Gasteiger partial charge in [-0.2, -0.15) is 10.2 Å². The number of aryl methyl sites for hydroxylation is 1. The Bertz CT molecular complexity index is 1930. The monoisotopic (exact) mass is 596 g/mol. The van der Waals surface area contributed by atoms with Gasteiger partial charge < -0.3 is 0 Å². The number of nitrogens with one attached hydrogen (secondary N) is 1. The summed E-state index contributed by atoms with van der Waals surface area (Å²) in [4.78, 5) is 16.3. The van der Waals surface area contributed by atoms with Gasteiger partial charge >= 0.3 is 0 Å². The van der Waals surface area contributed by atoms with E-state index in [4.69, 9.17) is 21.6 Å². The van der Waals surface area contributed by atoms with E-state index < -0.39 is 11.6 Å². The highest BCUT2D eigenvalue weighted by Crippen LogP contribution is 2.34. The van der Waals surface area contributed by atoms with Crippen molar-refractivity contribution in [3.8, 4) is 33.9 Å². The van der Waals surface area contributed by atoms with Crippen LogP contribution in [0.4, 0.5) is 8.78 Å². The van der Waals surface area contributed by atoms with Gasteiger partial charge in [0.25, 0.3) is 0 Å². The molecule has 216 valence electrons. The average molecular weight is 597 g/mol. The first kappa shape index (κ1) is 27.3. The molecule has 7 rings (SSSR count). The summed E-state index contributed by atoms with van der Waals surface area (Å²) in [6.07, 6.45) is 5.34. The number of hydrogen-bond donors (Lipinski definition) is 1. The Morgan fingerprint density at radius 3 is 2.53 bits per heavy atom. The Morgan fingerprint density at radius 2 is 1.77 bits per heavy atom. The Labute approximate surface area is 251 Å². The summed E-state index contributed by atoms with van der Waals surface area (Å²) in [6.45, 7) is 4.57. The van der Waals surface area contributed by atoms with Crippen LogP contribution in [0.2, 0.25) is 5.02 Å². The number of halogens is 3. The van der Waals surface area contributed by atoms with E-state index in [1.807, 2.05) is 25.1 Å². The first-order valence-corrected chi connectivity index (χ1v) is 14.5. The molecule has 4 aromatic heterocycles. The zero-order chi connectivity index (χ0) is 29.5. The van der Waals surface area contributed by atoms with Crippen LogP contribution < -0.4 is 0 Å². The molecule has 1 saturated heterocycles. The van der Waals surface area contributed by atoms with E-state index in [9.17, 15) is 8.78 Å². The number of nitrogens with zero attached hydrogens (tertiary/aromatic N) is 7. The van der Waals surface area contributed by atoms with Crippen LogP contribution in [0.5, 0.6) is 0 Å². The normalized spacial score (nSPS) is 14.5. The molecule has 1 N–H and O–H groups in total. The van der Waals surface area contributed by atoms with Gasteiger partial charge in [0, 0.05) is 58.7 Å². The molecule has 43 heavy (non-hydrogen) atoms. The van der Waals surface area contributed by atoms with Gasteiger partial charge in [-0.15, -0.1) is 0 Å². The molecule has 0 spiro atoms. The summed E-state index contributed by atoms with van der Waals surface area (Å²) in [5.41, 5.74) is 5.57. The maximum absolute atomic E-state index is 14.9. The van der Waals surface area contributed by atoms with Crippen molar-refractivity contribution in [2.45, 2.75) is 32.2 Å². The second kappa shape index (κ2) is 11.3. The lowest BCUT2D eigenvalue weighted by Gasteiger charge is -2.31. The molecule has 2 aromatic carbocycles. The number of pyridine rings is 1. The van der Waals surface area contributed by atoms with Gasteiger partial charge in [0.2, 0.25) is 0 Å². The van der Waals surface area contributed by atoms with Gasteiger partial charge in [-0.25, -0.2) is 23.3 Å². The van der Waals surface area contributed by atoms with Gasteiger partial charge in [0.15, 0.2) is 11.5 Å². The summed E-state index contributed by atoms with van der Waals surface area (Å²) in [5, 5.41) is 12.5. The lowest BCUT2D eigenvalue weighted by atomic mass is 9.95. The Hall–Kier alpha value is -4.54. The van der Waals surface area contributed by atoms with Gasteiger partial charge in [0.05, 0.1) is 11.4 Å². The van der Waals surface area contributed by atoms with Crippen molar-refractivity contribution in [1.29, 1.82) is 0 Å². The molecule has 0 atom stereocenters. The van der Waals surface area contributed by atoms with E-state index in [1.54, 1.807) is 29.0 Å². The molecule has 8 nitrogen and oxygen atoms in total. The molecule has 0 amide bonds. The molecule has 1 fully saturated rings. The summed E-state index contributed by atoms with van der Waals surface area (Å²) in [7, 11) is 0. The summed E-state index contributed by atoms with van der Waals surface area (Å²) < 4.78 is 30.2. The summed E-state index contributed by atoms with van der Waals surface area (Å²) in [6, 6.07) is 17.1. The minimum atomic E-state index is -0.644. The molecular weight excluding hydrogens is 570 g/mol. The van der Waals surface area contributed by atoms with E-state index >= 15 is 0 Å². The maximum Gasteiger partial charge on any atom is 0.199 e. The Balaban J connectivity index is 1.06. The van der Waals surface area contributed by atoms with Crippen molar-refractivity contribution < 1.29 is 8.78 Å². The van der Waals surface area contributed by atoms with Crippen molar-refractivity contribution in [3.05, 3.63) is 107 Å². The number of likely N-dealkylation sites (tertiary alicyclic amines) is 1. The smallest absolute Gasteiger partial charge is 0.199 e. The maximum atomic E-state index is 14.9. The SMILES string of the molecule is Cc1cc2nc(-c3ccc(CN4CCC(c5nc(-c6cc(Cl)ccn6)n[nH]5)CC4)cc3)c(-c3ccc(F)cc3F)cn2n1. The fourth-order valence-electron chi connectivity index (χ4n) is 5.65. The molecule has 0 unspecified atom stereocenters. The number of aromatic amines is 1. The third kappa shape index (κ3) is 5.63. The minimum Gasteiger partial charge on any atom is -0.299 e. The standard InChI is InChI=1S/C32H27ClF2N8/c1-19-14-29-37-30(26(18-43(29)41-19)25-7-6-24(34)16-27(25)35)21-4-2-20(3-5-21)17-42-12-9-22(10-13-42)31-38-32(40-39-31)28-15-23(33)8-11-36-28/h2-8,11,14-16,18,22H,9-10,12-13,17H2,1H3,(H,38,39,40). The third-order valence-electron chi connectivity index (χ3n) is 7.85. The highest BCUT2D eigenvalue weighted by molar-refractivity contribution is 6.30. The quantitative estimate of drug-likeness (QED) is 0.226. The number of aromatic nitrogens is 7. The van der Waals surface area contributed by atoms with E-state index in [0.717, 1.165) is 55.6 Å².